The number of benzene rings is 1. The molecule has 26 heavy (non-hydrogen) atoms. The Kier molecular flexibility index (Phi) is 4.95. The highest BCUT2D eigenvalue weighted by atomic mass is 35.5. The number of halogens is 1. The topological polar surface area (TPSA) is 33.2 Å². The van der Waals surface area contributed by atoms with E-state index in [0.717, 1.165) is 42.6 Å². The van der Waals surface area contributed by atoms with Gasteiger partial charge >= 0.3 is 0 Å². The Labute approximate surface area is 159 Å². The van der Waals surface area contributed by atoms with Crippen LogP contribution in [0.15, 0.2) is 36.4 Å². The number of carbonyl (C=O) groups excluding carboxylic acids is 1. The number of hydrogen-bond donors (Lipinski definition) is 0. The molecule has 1 aliphatic carbocycles. The first-order valence-corrected chi connectivity index (χ1v) is 9.67. The van der Waals surface area contributed by atoms with Crippen LogP contribution in [0.4, 0.5) is 0 Å². The minimum Gasteiger partial charge on any atom is -0.335 e. The predicted molar refractivity (Wildman–Crippen MR) is 103 cm³/mol. The molecule has 0 radical (unpaired) electrons. The van der Waals surface area contributed by atoms with Crippen molar-refractivity contribution in [2.24, 2.45) is 0 Å². The van der Waals surface area contributed by atoms with Crippen molar-refractivity contribution in [1.82, 2.24) is 9.88 Å². The first-order chi connectivity index (χ1) is 12.7. The van der Waals surface area contributed by atoms with E-state index in [1.807, 2.05) is 36.4 Å². The second-order valence-corrected chi connectivity index (χ2v) is 7.37. The molecule has 1 amide bonds. The number of pyridine rings is 1. The van der Waals surface area contributed by atoms with Gasteiger partial charge in [0.1, 0.15) is 5.69 Å². The van der Waals surface area contributed by atoms with Crippen LogP contribution in [0, 0.1) is 11.8 Å². The molecular formula is C22H21ClN2O. The van der Waals surface area contributed by atoms with Crippen LogP contribution in [0.25, 0.3) is 0 Å². The molecule has 2 aliphatic rings. The maximum absolute atomic E-state index is 12.9. The number of nitrogens with zero attached hydrogens (tertiary/aromatic N) is 2. The summed E-state index contributed by atoms with van der Waals surface area (Å²) in [4.78, 5) is 19.6. The van der Waals surface area contributed by atoms with Crippen molar-refractivity contribution < 1.29 is 4.79 Å². The van der Waals surface area contributed by atoms with Gasteiger partial charge in [-0.15, -0.1) is 0 Å². The third-order valence-corrected chi connectivity index (χ3v) is 5.60. The van der Waals surface area contributed by atoms with Crippen LogP contribution < -0.4 is 0 Å². The Balaban J connectivity index is 1.55. The summed E-state index contributed by atoms with van der Waals surface area (Å²) >= 11 is 6.14. The number of aromatic nitrogens is 1. The van der Waals surface area contributed by atoms with Gasteiger partial charge in [0.05, 0.1) is 16.3 Å². The quantitative estimate of drug-likeness (QED) is 0.699. The van der Waals surface area contributed by atoms with E-state index in [4.69, 9.17) is 11.6 Å². The van der Waals surface area contributed by atoms with Gasteiger partial charge in [-0.2, -0.15) is 0 Å². The number of amides is 1. The number of fused-ring (bicyclic) bond motifs is 1. The van der Waals surface area contributed by atoms with E-state index in [9.17, 15) is 4.79 Å². The van der Waals surface area contributed by atoms with E-state index in [-0.39, 0.29) is 5.91 Å². The van der Waals surface area contributed by atoms with Crippen LogP contribution in [0.1, 0.15) is 59.4 Å². The Morgan fingerprint density at radius 3 is 2.65 bits per heavy atom. The van der Waals surface area contributed by atoms with Crippen LogP contribution in [0.5, 0.6) is 0 Å². The lowest BCUT2D eigenvalue weighted by Crippen LogP contribution is -2.45. The molecule has 1 saturated carbocycles. The number of rotatable bonds is 1. The highest BCUT2D eigenvalue weighted by molar-refractivity contribution is 6.31. The lowest BCUT2D eigenvalue weighted by atomic mass is 9.92. The van der Waals surface area contributed by atoms with Crippen LogP contribution >= 0.6 is 11.6 Å². The van der Waals surface area contributed by atoms with Crippen molar-refractivity contribution in [2.75, 3.05) is 6.54 Å². The zero-order chi connectivity index (χ0) is 17.9. The SMILES string of the molecule is O=C1c2ccc(C#Cc3ccccc3Cl)nc2CCN1C1CCCCC1. The van der Waals surface area contributed by atoms with Gasteiger partial charge in [-0.05, 0) is 43.0 Å². The molecule has 4 rings (SSSR count). The summed E-state index contributed by atoms with van der Waals surface area (Å²) in [6.07, 6.45) is 6.83. The molecule has 3 nitrogen and oxygen atoms in total. The summed E-state index contributed by atoms with van der Waals surface area (Å²) in [7, 11) is 0. The van der Waals surface area contributed by atoms with Crippen molar-refractivity contribution in [1.29, 1.82) is 0 Å². The van der Waals surface area contributed by atoms with Crippen molar-refractivity contribution >= 4 is 17.5 Å². The van der Waals surface area contributed by atoms with E-state index in [0.29, 0.717) is 16.8 Å². The zero-order valence-corrected chi connectivity index (χ0v) is 15.4. The highest BCUT2D eigenvalue weighted by Crippen LogP contribution is 2.27. The van der Waals surface area contributed by atoms with Crippen molar-refractivity contribution in [3.8, 4) is 11.8 Å². The lowest BCUT2D eigenvalue weighted by molar-refractivity contribution is 0.0612. The van der Waals surface area contributed by atoms with Crippen LogP contribution in [-0.4, -0.2) is 28.4 Å². The maximum atomic E-state index is 12.9. The predicted octanol–water partition coefficient (Wildman–Crippen LogP) is 4.47. The van der Waals surface area contributed by atoms with Gasteiger partial charge in [0.2, 0.25) is 0 Å². The molecule has 0 spiro atoms. The zero-order valence-electron chi connectivity index (χ0n) is 14.7. The normalized spacial score (nSPS) is 17.4. The van der Waals surface area contributed by atoms with Gasteiger partial charge in [-0.25, -0.2) is 4.98 Å². The summed E-state index contributed by atoms with van der Waals surface area (Å²) < 4.78 is 0. The van der Waals surface area contributed by atoms with E-state index >= 15 is 0 Å². The van der Waals surface area contributed by atoms with Gasteiger partial charge < -0.3 is 4.90 Å². The summed E-state index contributed by atoms with van der Waals surface area (Å²) in [5, 5.41) is 0.635. The molecule has 0 saturated heterocycles. The molecule has 1 aromatic heterocycles. The van der Waals surface area contributed by atoms with E-state index in [2.05, 4.69) is 21.7 Å². The largest absolute Gasteiger partial charge is 0.335 e. The summed E-state index contributed by atoms with van der Waals surface area (Å²) in [5.41, 5.74) is 3.08. The summed E-state index contributed by atoms with van der Waals surface area (Å²) in [6, 6.07) is 11.6. The first-order valence-electron chi connectivity index (χ1n) is 9.30. The highest BCUT2D eigenvalue weighted by Gasteiger charge is 2.31. The van der Waals surface area contributed by atoms with Crippen molar-refractivity contribution in [3.63, 3.8) is 0 Å². The van der Waals surface area contributed by atoms with Gasteiger partial charge in [-0.1, -0.05) is 48.9 Å². The van der Waals surface area contributed by atoms with Gasteiger partial charge in [0.15, 0.2) is 0 Å². The molecule has 2 aromatic rings. The third kappa shape index (κ3) is 3.48. The molecule has 0 bridgehead atoms. The lowest BCUT2D eigenvalue weighted by Gasteiger charge is -2.37. The average molecular weight is 365 g/mol. The average Bonchev–Trinajstić information content (AvgIpc) is 2.68. The first kappa shape index (κ1) is 17.1. The second-order valence-electron chi connectivity index (χ2n) is 6.96. The van der Waals surface area contributed by atoms with Crippen LogP contribution in [0.3, 0.4) is 0 Å². The van der Waals surface area contributed by atoms with Crippen LogP contribution in [0.2, 0.25) is 5.02 Å². The second kappa shape index (κ2) is 7.51. The molecule has 1 fully saturated rings. The molecule has 1 aliphatic heterocycles. The Morgan fingerprint density at radius 2 is 1.85 bits per heavy atom. The molecular weight excluding hydrogens is 344 g/mol. The van der Waals surface area contributed by atoms with E-state index in [1.54, 1.807) is 0 Å². The third-order valence-electron chi connectivity index (χ3n) is 5.27. The molecule has 0 unspecified atom stereocenters. The van der Waals surface area contributed by atoms with Crippen LogP contribution in [-0.2, 0) is 6.42 Å². The molecule has 0 N–H and O–H groups in total. The Bertz CT molecular complexity index is 891. The number of carbonyl (C=O) groups is 1. The van der Waals surface area contributed by atoms with Crippen molar-refractivity contribution in [2.45, 2.75) is 44.6 Å². The van der Waals surface area contributed by atoms with Gasteiger partial charge in [0.25, 0.3) is 5.91 Å². The molecule has 4 heteroatoms. The molecule has 2 heterocycles. The fraction of sp³-hybridized carbons (Fsp3) is 0.364. The van der Waals surface area contributed by atoms with E-state index < -0.39 is 0 Å². The standard InChI is InChI=1S/C22H21ClN2O/c23-20-9-5-4-6-16(20)10-11-17-12-13-19-21(24-17)14-15-25(22(19)26)18-7-2-1-3-8-18/h4-6,9,12-13,18H,1-3,7-8,14-15H2. The maximum Gasteiger partial charge on any atom is 0.255 e. The van der Waals surface area contributed by atoms with Gasteiger partial charge in [0, 0.05) is 24.6 Å². The van der Waals surface area contributed by atoms with Gasteiger partial charge in [-0.3, -0.25) is 4.79 Å². The Morgan fingerprint density at radius 1 is 1.04 bits per heavy atom. The Hall–Kier alpha value is -2.31. The minimum atomic E-state index is 0.135. The minimum absolute atomic E-state index is 0.135. The fourth-order valence-corrected chi connectivity index (χ4v) is 4.06. The van der Waals surface area contributed by atoms with Crippen molar-refractivity contribution in [3.05, 3.63) is 63.9 Å². The summed E-state index contributed by atoms with van der Waals surface area (Å²) in [6.45, 7) is 0.769. The molecule has 1 aromatic carbocycles. The smallest absolute Gasteiger partial charge is 0.255 e. The monoisotopic (exact) mass is 364 g/mol. The molecule has 132 valence electrons. The number of hydrogen-bond acceptors (Lipinski definition) is 2. The molecule has 0 atom stereocenters. The van der Waals surface area contributed by atoms with E-state index in [1.165, 1.54) is 19.3 Å². The fourth-order valence-electron chi connectivity index (χ4n) is 3.87. The summed E-state index contributed by atoms with van der Waals surface area (Å²) in [5.74, 6) is 6.27.